The molecule has 0 aromatic heterocycles. The zero-order valence-electron chi connectivity index (χ0n) is 9.71. The Kier molecular flexibility index (Phi) is 3.81. The summed E-state index contributed by atoms with van der Waals surface area (Å²) in [4.78, 5) is 10.6. The highest BCUT2D eigenvalue weighted by atomic mass is 16.5. The first kappa shape index (κ1) is 12.0. The molecule has 0 aliphatic carbocycles. The predicted molar refractivity (Wildman–Crippen MR) is 67.6 cm³/mol. The third-order valence-electron chi connectivity index (χ3n) is 2.18. The van der Waals surface area contributed by atoms with Crippen molar-refractivity contribution < 1.29 is 14.3 Å². The van der Waals surface area contributed by atoms with Gasteiger partial charge in [0.1, 0.15) is 17.2 Å². The van der Waals surface area contributed by atoms with E-state index in [9.17, 15) is 4.79 Å². The quantitative estimate of drug-likeness (QED) is 0.876. The molecule has 0 aliphatic heterocycles. The Balaban J connectivity index is 1.97. The van der Waals surface area contributed by atoms with Crippen molar-refractivity contribution in [3.05, 3.63) is 54.6 Å². The summed E-state index contributed by atoms with van der Waals surface area (Å²) in [5, 5.41) is 0. The Morgan fingerprint density at radius 2 is 1.44 bits per heavy atom. The molecule has 0 aliphatic rings. The molecule has 0 saturated carbocycles. The van der Waals surface area contributed by atoms with E-state index in [1.54, 1.807) is 24.3 Å². The molecular formula is C14H13NO3. The van der Waals surface area contributed by atoms with Crippen LogP contribution >= 0.6 is 0 Å². The minimum absolute atomic E-state index is 0.126. The first-order valence-electron chi connectivity index (χ1n) is 5.48. The molecule has 0 unspecified atom stereocenters. The zero-order chi connectivity index (χ0) is 12.8. The van der Waals surface area contributed by atoms with Gasteiger partial charge in [-0.3, -0.25) is 4.79 Å². The number of nitrogens with two attached hydrogens (primary N) is 1. The summed E-state index contributed by atoms with van der Waals surface area (Å²) in [6, 6.07) is 16.5. The van der Waals surface area contributed by atoms with E-state index in [1.165, 1.54) is 0 Å². The molecule has 0 spiro atoms. The van der Waals surface area contributed by atoms with Crippen molar-refractivity contribution in [2.75, 3.05) is 6.61 Å². The molecule has 2 aromatic rings. The van der Waals surface area contributed by atoms with Crippen LogP contribution in [0.3, 0.4) is 0 Å². The third-order valence-corrected chi connectivity index (χ3v) is 2.18. The highest BCUT2D eigenvalue weighted by Crippen LogP contribution is 2.23. The monoisotopic (exact) mass is 243 g/mol. The van der Waals surface area contributed by atoms with Crippen LogP contribution in [0.1, 0.15) is 0 Å². The minimum atomic E-state index is -0.500. The number of ether oxygens (including phenoxy) is 2. The van der Waals surface area contributed by atoms with Crippen LogP contribution in [0.15, 0.2) is 54.6 Å². The molecule has 18 heavy (non-hydrogen) atoms. The number of para-hydroxylation sites is 1. The lowest BCUT2D eigenvalue weighted by Gasteiger charge is -2.07. The van der Waals surface area contributed by atoms with E-state index in [2.05, 4.69) is 0 Å². The van der Waals surface area contributed by atoms with Crippen LogP contribution in [0.5, 0.6) is 17.2 Å². The fraction of sp³-hybridized carbons (Fsp3) is 0.0714. The summed E-state index contributed by atoms with van der Waals surface area (Å²) in [7, 11) is 0. The van der Waals surface area contributed by atoms with E-state index in [0.29, 0.717) is 11.5 Å². The zero-order valence-corrected chi connectivity index (χ0v) is 9.71. The number of rotatable bonds is 5. The second-order valence-corrected chi connectivity index (χ2v) is 3.64. The molecule has 2 N–H and O–H groups in total. The molecule has 92 valence electrons. The van der Waals surface area contributed by atoms with E-state index in [4.69, 9.17) is 15.2 Å². The molecule has 2 rings (SSSR count). The number of hydrogen-bond acceptors (Lipinski definition) is 3. The molecule has 0 saturated heterocycles. The van der Waals surface area contributed by atoms with E-state index in [1.807, 2.05) is 30.3 Å². The van der Waals surface area contributed by atoms with Gasteiger partial charge < -0.3 is 15.2 Å². The van der Waals surface area contributed by atoms with Gasteiger partial charge >= 0.3 is 0 Å². The van der Waals surface area contributed by atoms with Gasteiger partial charge in [-0.2, -0.15) is 0 Å². The molecule has 0 bridgehead atoms. The molecule has 0 radical (unpaired) electrons. The van der Waals surface area contributed by atoms with Crippen LogP contribution in [0, 0.1) is 0 Å². The molecule has 0 atom stereocenters. The van der Waals surface area contributed by atoms with E-state index < -0.39 is 5.91 Å². The van der Waals surface area contributed by atoms with Crippen molar-refractivity contribution >= 4 is 5.91 Å². The van der Waals surface area contributed by atoms with Crippen molar-refractivity contribution in [3.8, 4) is 17.2 Å². The van der Waals surface area contributed by atoms with Gasteiger partial charge in [0, 0.05) is 0 Å². The fourth-order valence-corrected chi connectivity index (χ4v) is 1.38. The van der Waals surface area contributed by atoms with Crippen molar-refractivity contribution in [2.45, 2.75) is 0 Å². The molecule has 2 aromatic carbocycles. The predicted octanol–water partition coefficient (Wildman–Crippen LogP) is 2.34. The molecule has 4 nitrogen and oxygen atoms in total. The molecule has 4 heteroatoms. The number of primary amides is 1. The molecule has 0 heterocycles. The summed E-state index contributed by atoms with van der Waals surface area (Å²) in [5.41, 5.74) is 4.98. The summed E-state index contributed by atoms with van der Waals surface area (Å²) < 4.78 is 10.8. The Labute approximate surface area is 105 Å². The van der Waals surface area contributed by atoms with Gasteiger partial charge in [-0.05, 0) is 36.4 Å². The number of carbonyl (C=O) groups excluding carboxylic acids is 1. The molecular weight excluding hydrogens is 230 g/mol. The molecule has 1 amide bonds. The number of amides is 1. The van der Waals surface area contributed by atoms with Crippen LogP contribution in [-0.4, -0.2) is 12.5 Å². The summed E-state index contributed by atoms with van der Waals surface area (Å²) in [6.45, 7) is -0.126. The average molecular weight is 243 g/mol. The minimum Gasteiger partial charge on any atom is -0.484 e. The van der Waals surface area contributed by atoms with Gasteiger partial charge in [-0.1, -0.05) is 18.2 Å². The van der Waals surface area contributed by atoms with Crippen LogP contribution in [-0.2, 0) is 4.79 Å². The summed E-state index contributed by atoms with van der Waals surface area (Å²) in [6.07, 6.45) is 0. The van der Waals surface area contributed by atoms with Gasteiger partial charge in [0.2, 0.25) is 0 Å². The highest BCUT2D eigenvalue weighted by Gasteiger charge is 1.99. The first-order valence-corrected chi connectivity index (χ1v) is 5.48. The molecule has 0 fully saturated rings. The normalized spacial score (nSPS) is 9.78. The Morgan fingerprint density at radius 3 is 2.06 bits per heavy atom. The van der Waals surface area contributed by atoms with Crippen LogP contribution in [0.25, 0.3) is 0 Å². The Bertz CT molecular complexity index is 508. The van der Waals surface area contributed by atoms with E-state index >= 15 is 0 Å². The second-order valence-electron chi connectivity index (χ2n) is 3.64. The largest absolute Gasteiger partial charge is 0.484 e. The Morgan fingerprint density at radius 1 is 0.889 bits per heavy atom. The van der Waals surface area contributed by atoms with Gasteiger partial charge in [-0.15, -0.1) is 0 Å². The number of benzene rings is 2. The van der Waals surface area contributed by atoms with Crippen molar-refractivity contribution in [3.63, 3.8) is 0 Å². The Hall–Kier alpha value is -2.49. The summed E-state index contributed by atoms with van der Waals surface area (Å²) >= 11 is 0. The lowest BCUT2D eigenvalue weighted by Crippen LogP contribution is -2.19. The maximum Gasteiger partial charge on any atom is 0.255 e. The van der Waals surface area contributed by atoms with Gasteiger partial charge in [0.15, 0.2) is 6.61 Å². The highest BCUT2D eigenvalue weighted by molar-refractivity contribution is 5.75. The summed E-state index contributed by atoms with van der Waals surface area (Å²) in [5.74, 6) is 1.55. The third kappa shape index (κ3) is 3.52. The lowest BCUT2D eigenvalue weighted by molar-refractivity contribution is -0.119. The first-order chi connectivity index (χ1) is 8.74. The van der Waals surface area contributed by atoms with Crippen LogP contribution in [0.4, 0.5) is 0 Å². The SMILES string of the molecule is NC(=O)COc1ccc(Oc2ccccc2)cc1. The topological polar surface area (TPSA) is 61.6 Å². The van der Waals surface area contributed by atoms with Crippen LogP contribution < -0.4 is 15.2 Å². The lowest BCUT2D eigenvalue weighted by atomic mass is 10.3. The average Bonchev–Trinajstić information content (AvgIpc) is 2.39. The van der Waals surface area contributed by atoms with Crippen molar-refractivity contribution in [1.29, 1.82) is 0 Å². The van der Waals surface area contributed by atoms with Gasteiger partial charge in [0.05, 0.1) is 0 Å². The fourth-order valence-electron chi connectivity index (χ4n) is 1.38. The number of carbonyl (C=O) groups is 1. The van der Waals surface area contributed by atoms with Crippen molar-refractivity contribution in [2.24, 2.45) is 5.73 Å². The van der Waals surface area contributed by atoms with Crippen molar-refractivity contribution in [1.82, 2.24) is 0 Å². The maximum atomic E-state index is 10.6. The van der Waals surface area contributed by atoms with Gasteiger partial charge in [0.25, 0.3) is 5.91 Å². The van der Waals surface area contributed by atoms with Crippen LogP contribution in [0.2, 0.25) is 0 Å². The van der Waals surface area contributed by atoms with Gasteiger partial charge in [-0.25, -0.2) is 0 Å². The van der Waals surface area contributed by atoms with E-state index in [-0.39, 0.29) is 6.61 Å². The van der Waals surface area contributed by atoms with E-state index in [0.717, 1.165) is 5.75 Å². The standard InChI is InChI=1S/C14H13NO3/c15-14(16)10-17-11-6-8-13(9-7-11)18-12-4-2-1-3-5-12/h1-9H,10H2,(H2,15,16). The smallest absolute Gasteiger partial charge is 0.255 e. The second kappa shape index (κ2) is 5.72. The number of hydrogen-bond donors (Lipinski definition) is 1. The maximum absolute atomic E-state index is 10.6.